The van der Waals surface area contributed by atoms with Gasteiger partial charge in [0, 0.05) is 38.4 Å². The van der Waals surface area contributed by atoms with E-state index in [1.165, 1.54) is 15.3 Å². The standard InChI is InChI=1S/C28H31Cl2N5O4S/c1-33(2)15-14-31-27(36)26-19-34(28(37)32-22-10-13-24(29)25(30)18-22)16-17-35(26)40(38,39)23-11-8-21(9-12-23)20-6-4-3-5-7-20/h3-13,18,26H,14-17,19H2,1-2H3,(H,31,36)(H,32,37). The molecule has 0 spiro atoms. The Kier molecular flexibility index (Phi) is 9.70. The molecule has 1 aliphatic heterocycles. The van der Waals surface area contributed by atoms with Crippen molar-refractivity contribution in [1.29, 1.82) is 0 Å². The molecule has 0 saturated carbocycles. The molecular weight excluding hydrogens is 573 g/mol. The zero-order chi connectivity index (χ0) is 28.9. The summed E-state index contributed by atoms with van der Waals surface area (Å²) in [7, 11) is -0.298. The number of likely N-dealkylation sites (N-methyl/N-ethyl adjacent to an activating group) is 1. The number of nitrogens with zero attached hydrogens (tertiary/aromatic N) is 3. The van der Waals surface area contributed by atoms with Gasteiger partial charge in [-0.05, 0) is 55.6 Å². The molecule has 2 N–H and O–H groups in total. The average Bonchev–Trinajstić information content (AvgIpc) is 2.95. The molecule has 1 unspecified atom stereocenters. The van der Waals surface area contributed by atoms with E-state index in [1.807, 2.05) is 49.3 Å². The third kappa shape index (κ3) is 7.13. The van der Waals surface area contributed by atoms with Crippen molar-refractivity contribution in [3.63, 3.8) is 0 Å². The summed E-state index contributed by atoms with van der Waals surface area (Å²) in [4.78, 5) is 29.8. The normalized spacial score (nSPS) is 16.1. The number of hydrogen-bond donors (Lipinski definition) is 2. The van der Waals surface area contributed by atoms with Crippen LogP contribution in [0.4, 0.5) is 10.5 Å². The van der Waals surface area contributed by atoms with E-state index in [0.717, 1.165) is 11.1 Å². The van der Waals surface area contributed by atoms with Crippen molar-refractivity contribution in [2.75, 3.05) is 52.1 Å². The molecule has 0 aliphatic carbocycles. The molecule has 1 fully saturated rings. The zero-order valence-electron chi connectivity index (χ0n) is 22.2. The molecule has 1 saturated heterocycles. The predicted molar refractivity (Wildman–Crippen MR) is 158 cm³/mol. The van der Waals surface area contributed by atoms with Gasteiger partial charge in [0.1, 0.15) is 6.04 Å². The number of carbonyl (C=O) groups excluding carboxylic acids is 2. The van der Waals surface area contributed by atoms with Crippen molar-refractivity contribution in [1.82, 2.24) is 19.4 Å². The average molecular weight is 605 g/mol. The van der Waals surface area contributed by atoms with E-state index in [2.05, 4.69) is 10.6 Å². The van der Waals surface area contributed by atoms with Gasteiger partial charge in [-0.2, -0.15) is 4.31 Å². The van der Waals surface area contributed by atoms with Crippen molar-refractivity contribution in [3.8, 4) is 11.1 Å². The number of amides is 3. The summed E-state index contributed by atoms with van der Waals surface area (Å²) in [5, 5.41) is 6.19. The topological polar surface area (TPSA) is 102 Å². The number of nitrogens with one attached hydrogen (secondary N) is 2. The Morgan fingerprint density at radius 2 is 1.60 bits per heavy atom. The first-order valence-corrected chi connectivity index (χ1v) is 14.9. The number of urea groups is 1. The van der Waals surface area contributed by atoms with Crippen LogP contribution in [0.5, 0.6) is 0 Å². The fourth-order valence-electron chi connectivity index (χ4n) is 4.33. The zero-order valence-corrected chi connectivity index (χ0v) is 24.5. The Bertz CT molecular complexity index is 1450. The van der Waals surface area contributed by atoms with Crippen LogP contribution in [0.15, 0.2) is 77.7 Å². The smallest absolute Gasteiger partial charge is 0.321 e. The molecule has 212 valence electrons. The molecule has 12 heteroatoms. The first-order valence-electron chi connectivity index (χ1n) is 12.7. The van der Waals surface area contributed by atoms with Crippen molar-refractivity contribution < 1.29 is 18.0 Å². The highest BCUT2D eigenvalue weighted by atomic mass is 35.5. The summed E-state index contributed by atoms with van der Waals surface area (Å²) < 4.78 is 28.7. The first kappa shape index (κ1) is 29.8. The summed E-state index contributed by atoms with van der Waals surface area (Å²) in [5.41, 5.74) is 2.27. The van der Waals surface area contributed by atoms with Gasteiger partial charge in [0.15, 0.2) is 0 Å². The second-order valence-electron chi connectivity index (χ2n) is 9.62. The molecule has 0 aromatic heterocycles. The van der Waals surface area contributed by atoms with Gasteiger partial charge < -0.3 is 20.4 Å². The number of halogens is 2. The molecule has 40 heavy (non-hydrogen) atoms. The fourth-order valence-corrected chi connectivity index (χ4v) is 6.20. The monoisotopic (exact) mass is 603 g/mol. The predicted octanol–water partition coefficient (Wildman–Crippen LogP) is 4.25. The molecule has 9 nitrogen and oxygen atoms in total. The molecule has 1 atom stereocenters. The summed E-state index contributed by atoms with van der Waals surface area (Å²) in [6.07, 6.45) is 0. The quantitative estimate of drug-likeness (QED) is 0.401. The summed E-state index contributed by atoms with van der Waals surface area (Å²) in [5.74, 6) is -0.474. The summed E-state index contributed by atoms with van der Waals surface area (Å²) in [6.45, 7) is 0.826. The first-order chi connectivity index (χ1) is 19.1. The van der Waals surface area contributed by atoms with Crippen LogP contribution >= 0.6 is 23.2 Å². The second kappa shape index (κ2) is 13.0. The Morgan fingerprint density at radius 3 is 2.25 bits per heavy atom. The maximum absolute atomic E-state index is 13.8. The molecule has 3 aromatic rings. The van der Waals surface area contributed by atoms with Gasteiger partial charge in [0.05, 0.1) is 14.9 Å². The SMILES string of the molecule is CN(C)CCNC(=O)C1CN(C(=O)Nc2ccc(Cl)c(Cl)c2)CCN1S(=O)(=O)c1ccc(-c2ccccc2)cc1. The van der Waals surface area contributed by atoms with Crippen LogP contribution in [0.1, 0.15) is 0 Å². The lowest BCUT2D eigenvalue weighted by atomic mass is 10.1. The maximum Gasteiger partial charge on any atom is 0.321 e. The highest BCUT2D eigenvalue weighted by Crippen LogP contribution is 2.27. The highest BCUT2D eigenvalue weighted by molar-refractivity contribution is 7.89. The van der Waals surface area contributed by atoms with Gasteiger partial charge >= 0.3 is 6.03 Å². The minimum atomic E-state index is -4.04. The van der Waals surface area contributed by atoms with E-state index < -0.39 is 28.0 Å². The van der Waals surface area contributed by atoms with Crippen LogP contribution in [0, 0.1) is 0 Å². The van der Waals surface area contributed by atoms with E-state index >= 15 is 0 Å². The van der Waals surface area contributed by atoms with Crippen LogP contribution < -0.4 is 10.6 Å². The second-order valence-corrected chi connectivity index (χ2v) is 12.3. The number of piperazine rings is 1. The third-order valence-electron chi connectivity index (χ3n) is 6.52. The molecule has 0 radical (unpaired) electrons. The van der Waals surface area contributed by atoms with Crippen LogP contribution in [0.3, 0.4) is 0 Å². The molecule has 3 amide bonds. The number of anilines is 1. The van der Waals surface area contributed by atoms with Crippen molar-refractivity contribution >= 4 is 50.9 Å². The van der Waals surface area contributed by atoms with Gasteiger partial charge in [0.25, 0.3) is 0 Å². The lowest BCUT2D eigenvalue weighted by Gasteiger charge is -2.39. The fraction of sp³-hybridized carbons (Fsp3) is 0.286. The lowest BCUT2D eigenvalue weighted by molar-refractivity contribution is -0.126. The van der Waals surface area contributed by atoms with Gasteiger partial charge in [-0.1, -0.05) is 65.7 Å². The molecule has 4 rings (SSSR count). The number of hydrogen-bond acceptors (Lipinski definition) is 5. The van der Waals surface area contributed by atoms with E-state index in [1.54, 1.807) is 36.4 Å². The molecule has 0 bridgehead atoms. The molecule has 1 heterocycles. The van der Waals surface area contributed by atoms with Crippen LogP contribution in [0.25, 0.3) is 11.1 Å². The Morgan fingerprint density at radius 1 is 0.925 bits per heavy atom. The highest BCUT2D eigenvalue weighted by Gasteiger charge is 2.41. The van der Waals surface area contributed by atoms with Crippen LogP contribution in [-0.4, -0.2) is 87.3 Å². The molecule has 3 aromatic carbocycles. The van der Waals surface area contributed by atoms with Crippen molar-refractivity contribution in [2.45, 2.75) is 10.9 Å². The number of sulfonamides is 1. The van der Waals surface area contributed by atoms with Gasteiger partial charge in [-0.25, -0.2) is 13.2 Å². The lowest BCUT2D eigenvalue weighted by Crippen LogP contribution is -2.62. The molecular formula is C28H31Cl2N5O4S. The van der Waals surface area contributed by atoms with E-state index in [-0.39, 0.29) is 29.6 Å². The van der Waals surface area contributed by atoms with E-state index in [0.29, 0.717) is 23.8 Å². The largest absolute Gasteiger partial charge is 0.353 e. The van der Waals surface area contributed by atoms with Crippen LogP contribution in [0.2, 0.25) is 10.0 Å². The Balaban J connectivity index is 1.55. The Hall–Kier alpha value is -3.15. The number of rotatable bonds is 8. The van der Waals surface area contributed by atoms with Crippen LogP contribution in [-0.2, 0) is 14.8 Å². The third-order valence-corrected chi connectivity index (χ3v) is 9.18. The maximum atomic E-state index is 13.8. The Labute approximate surface area is 244 Å². The molecule has 1 aliphatic rings. The number of carbonyl (C=O) groups is 2. The van der Waals surface area contributed by atoms with Crippen molar-refractivity contribution in [2.24, 2.45) is 0 Å². The van der Waals surface area contributed by atoms with Gasteiger partial charge in [0.2, 0.25) is 15.9 Å². The van der Waals surface area contributed by atoms with Gasteiger partial charge in [-0.3, -0.25) is 4.79 Å². The van der Waals surface area contributed by atoms with E-state index in [4.69, 9.17) is 23.2 Å². The summed E-state index contributed by atoms with van der Waals surface area (Å²) in [6, 6.07) is 19.3. The van der Waals surface area contributed by atoms with Gasteiger partial charge in [-0.15, -0.1) is 0 Å². The minimum Gasteiger partial charge on any atom is -0.353 e. The summed E-state index contributed by atoms with van der Waals surface area (Å²) >= 11 is 12.0. The minimum absolute atomic E-state index is 0.0523. The van der Waals surface area contributed by atoms with Crippen molar-refractivity contribution in [3.05, 3.63) is 82.8 Å². The van der Waals surface area contributed by atoms with E-state index in [9.17, 15) is 18.0 Å². The number of benzene rings is 3.